The minimum atomic E-state index is -0.0415. The van der Waals surface area contributed by atoms with Gasteiger partial charge < -0.3 is 16.0 Å². The van der Waals surface area contributed by atoms with Gasteiger partial charge >= 0.3 is 0 Å². The highest BCUT2D eigenvalue weighted by molar-refractivity contribution is 14.0. The van der Waals surface area contributed by atoms with Crippen LogP contribution in [0.3, 0.4) is 0 Å². The highest BCUT2D eigenvalue weighted by atomic mass is 127. The number of hydrogen-bond acceptors (Lipinski definition) is 3. The summed E-state index contributed by atoms with van der Waals surface area (Å²) in [5.41, 5.74) is 1.75. The third kappa shape index (κ3) is 8.18. The molecule has 0 aliphatic heterocycles. The zero-order valence-corrected chi connectivity index (χ0v) is 20.2. The fourth-order valence-corrected chi connectivity index (χ4v) is 3.71. The van der Waals surface area contributed by atoms with Crippen molar-refractivity contribution in [1.82, 2.24) is 16.0 Å². The molecule has 28 heavy (non-hydrogen) atoms. The second kappa shape index (κ2) is 12.8. The van der Waals surface area contributed by atoms with Crippen LogP contribution in [0.4, 0.5) is 0 Å². The molecule has 0 radical (unpaired) electrons. The van der Waals surface area contributed by atoms with E-state index in [0.717, 1.165) is 24.5 Å². The van der Waals surface area contributed by atoms with Gasteiger partial charge in [-0.3, -0.25) is 4.79 Å². The van der Waals surface area contributed by atoms with E-state index in [1.807, 2.05) is 42.5 Å². The first-order valence-corrected chi connectivity index (χ1v) is 10.3. The summed E-state index contributed by atoms with van der Waals surface area (Å²) < 4.78 is 0. The van der Waals surface area contributed by atoms with E-state index in [1.165, 1.54) is 9.75 Å². The zero-order valence-electron chi connectivity index (χ0n) is 17.0. The van der Waals surface area contributed by atoms with Crippen LogP contribution >= 0.6 is 35.3 Å². The summed E-state index contributed by atoms with van der Waals surface area (Å²) in [7, 11) is 0. The van der Waals surface area contributed by atoms with Crippen LogP contribution in [0, 0.1) is 6.92 Å². The highest BCUT2D eigenvalue weighted by Crippen LogP contribution is 2.16. The van der Waals surface area contributed by atoms with Crippen LogP contribution in [-0.4, -0.2) is 31.0 Å². The van der Waals surface area contributed by atoms with E-state index in [2.05, 4.69) is 53.8 Å². The third-order valence-corrected chi connectivity index (χ3v) is 5.03. The summed E-state index contributed by atoms with van der Waals surface area (Å²) >= 11 is 1.84. The number of carbonyl (C=O) groups excluding carboxylic acids is 1. The van der Waals surface area contributed by atoms with Crippen LogP contribution in [-0.2, 0) is 13.0 Å². The second-order valence-electron chi connectivity index (χ2n) is 6.51. The van der Waals surface area contributed by atoms with Gasteiger partial charge in [-0.15, -0.1) is 35.3 Å². The van der Waals surface area contributed by atoms with Gasteiger partial charge in [0, 0.05) is 40.9 Å². The normalized spacial score (nSPS) is 12.1. The van der Waals surface area contributed by atoms with Crippen LogP contribution in [0.1, 0.15) is 46.4 Å². The molecule has 0 aliphatic rings. The van der Waals surface area contributed by atoms with Gasteiger partial charge in [-0.05, 0) is 57.5 Å². The van der Waals surface area contributed by atoms with Gasteiger partial charge in [0.15, 0.2) is 5.96 Å². The summed E-state index contributed by atoms with van der Waals surface area (Å²) in [6.45, 7) is 10.3. The predicted molar refractivity (Wildman–Crippen MR) is 130 cm³/mol. The molecule has 0 fully saturated rings. The number of nitrogens with one attached hydrogen (secondary N) is 3. The number of rotatable bonds is 8. The lowest BCUT2D eigenvalue weighted by atomic mass is 10.1. The van der Waals surface area contributed by atoms with E-state index in [9.17, 15) is 4.79 Å². The molecule has 0 saturated carbocycles. The van der Waals surface area contributed by atoms with E-state index in [0.29, 0.717) is 24.7 Å². The molecule has 0 saturated heterocycles. The number of aryl methyl sites for hydroxylation is 1. The Morgan fingerprint density at radius 1 is 1.07 bits per heavy atom. The van der Waals surface area contributed by atoms with Crippen molar-refractivity contribution < 1.29 is 4.79 Å². The van der Waals surface area contributed by atoms with E-state index in [-0.39, 0.29) is 29.9 Å². The molecule has 2 aromatic rings. The van der Waals surface area contributed by atoms with E-state index in [4.69, 9.17) is 0 Å². The van der Waals surface area contributed by atoms with E-state index in [1.54, 1.807) is 0 Å². The zero-order chi connectivity index (χ0) is 19.6. The number of nitrogens with zero attached hydrogens (tertiary/aromatic N) is 1. The molecule has 1 atom stereocenters. The first kappa shape index (κ1) is 24.4. The molecule has 7 heteroatoms. The number of amides is 1. The summed E-state index contributed by atoms with van der Waals surface area (Å²) in [5.74, 6) is 0.770. The maximum Gasteiger partial charge on any atom is 0.251 e. The molecule has 154 valence electrons. The summed E-state index contributed by atoms with van der Waals surface area (Å²) in [6, 6.07) is 12.2. The Kier molecular flexibility index (Phi) is 11.1. The van der Waals surface area contributed by atoms with Gasteiger partial charge in [0.05, 0.1) is 6.54 Å². The number of halogens is 1. The molecule has 1 amide bonds. The average molecular weight is 514 g/mol. The molecule has 1 aromatic carbocycles. The SMILES string of the molecule is CCNC(=O)c1ccc(CN=C(NCC)NC(C)Cc2ccc(C)s2)cc1.I. The van der Waals surface area contributed by atoms with Crippen LogP contribution < -0.4 is 16.0 Å². The first-order chi connectivity index (χ1) is 13.0. The summed E-state index contributed by atoms with van der Waals surface area (Å²) in [5, 5.41) is 9.58. The van der Waals surface area contributed by atoms with Crippen molar-refractivity contribution in [2.45, 2.75) is 46.7 Å². The lowest BCUT2D eigenvalue weighted by Crippen LogP contribution is -2.43. The Morgan fingerprint density at radius 3 is 2.32 bits per heavy atom. The molecule has 2 rings (SSSR count). The number of hydrogen-bond donors (Lipinski definition) is 3. The Hall–Kier alpha value is -1.61. The second-order valence-corrected chi connectivity index (χ2v) is 7.89. The van der Waals surface area contributed by atoms with Crippen molar-refractivity contribution in [1.29, 1.82) is 0 Å². The fourth-order valence-electron chi connectivity index (χ4n) is 2.70. The molecule has 5 nitrogen and oxygen atoms in total. The van der Waals surface area contributed by atoms with E-state index < -0.39 is 0 Å². The lowest BCUT2D eigenvalue weighted by Gasteiger charge is -2.17. The molecule has 0 aliphatic carbocycles. The topological polar surface area (TPSA) is 65.5 Å². The summed E-state index contributed by atoms with van der Waals surface area (Å²) in [4.78, 5) is 19.2. The minimum absolute atomic E-state index is 0. The Balaban J connectivity index is 0.00000392. The van der Waals surface area contributed by atoms with Crippen molar-refractivity contribution in [2.24, 2.45) is 4.99 Å². The molecule has 1 aromatic heterocycles. The summed E-state index contributed by atoms with van der Waals surface area (Å²) in [6.07, 6.45) is 0.976. The maximum atomic E-state index is 11.8. The Labute approximate surface area is 189 Å². The molecular weight excluding hydrogens is 483 g/mol. The van der Waals surface area contributed by atoms with Gasteiger partial charge in [-0.1, -0.05) is 12.1 Å². The lowest BCUT2D eigenvalue weighted by molar-refractivity contribution is 0.0956. The van der Waals surface area contributed by atoms with Crippen molar-refractivity contribution in [3.8, 4) is 0 Å². The van der Waals surface area contributed by atoms with Crippen LogP contribution in [0.2, 0.25) is 0 Å². The Morgan fingerprint density at radius 2 is 1.75 bits per heavy atom. The first-order valence-electron chi connectivity index (χ1n) is 9.49. The quantitative estimate of drug-likeness (QED) is 0.282. The molecule has 1 unspecified atom stereocenters. The van der Waals surface area contributed by atoms with Crippen molar-refractivity contribution >= 4 is 47.2 Å². The third-order valence-electron chi connectivity index (χ3n) is 4.00. The number of thiophene rings is 1. The number of guanidine groups is 1. The maximum absolute atomic E-state index is 11.8. The molecule has 3 N–H and O–H groups in total. The van der Waals surface area contributed by atoms with Gasteiger partial charge in [0.1, 0.15) is 0 Å². The number of benzene rings is 1. The smallest absolute Gasteiger partial charge is 0.251 e. The van der Waals surface area contributed by atoms with Crippen LogP contribution in [0.5, 0.6) is 0 Å². The molecule has 0 spiro atoms. The number of carbonyl (C=O) groups is 1. The monoisotopic (exact) mass is 514 g/mol. The predicted octanol–water partition coefficient (Wildman–Crippen LogP) is 4.11. The van der Waals surface area contributed by atoms with Gasteiger partial charge in [-0.25, -0.2) is 4.99 Å². The molecule has 1 heterocycles. The fraction of sp³-hybridized carbons (Fsp3) is 0.429. The Bertz CT molecular complexity index is 758. The standard InChI is InChI=1S/C21H30N4OS.HI/c1-5-22-20(26)18-10-8-17(9-11-18)14-24-21(23-6-2)25-15(3)13-19-12-7-16(4)27-19;/h7-12,15H,5-6,13-14H2,1-4H3,(H,22,26)(H2,23,24,25);1H. The van der Waals surface area contributed by atoms with Crippen molar-refractivity contribution in [3.05, 3.63) is 57.3 Å². The van der Waals surface area contributed by atoms with Crippen molar-refractivity contribution in [3.63, 3.8) is 0 Å². The van der Waals surface area contributed by atoms with Gasteiger partial charge in [-0.2, -0.15) is 0 Å². The highest BCUT2D eigenvalue weighted by Gasteiger charge is 2.08. The van der Waals surface area contributed by atoms with E-state index >= 15 is 0 Å². The molecular formula is C21H31IN4OS. The number of aliphatic imine (C=N–C) groups is 1. The minimum Gasteiger partial charge on any atom is -0.357 e. The molecule has 0 bridgehead atoms. The van der Waals surface area contributed by atoms with Gasteiger partial charge in [0.25, 0.3) is 5.91 Å². The van der Waals surface area contributed by atoms with Crippen LogP contribution in [0.15, 0.2) is 41.4 Å². The van der Waals surface area contributed by atoms with Crippen molar-refractivity contribution in [2.75, 3.05) is 13.1 Å². The average Bonchev–Trinajstić information content (AvgIpc) is 3.05. The van der Waals surface area contributed by atoms with Crippen LogP contribution in [0.25, 0.3) is 0 Å². The largest absolute Gasteiger partial charge is 0.357 e. The van der Waals surface area contributed by atoms with Gasteiger partial charge in [0.2, 0.25) is 0 Å².